The van der Waals surface area contributed by atoms with E-state index in [1.54, 1.807) is 4.90 Å². The molecule has 0 radical (unpaired) electrons. The van der Waals surface area contributed by atoms with Crippen LogP contribution in [-0.4, -0.2) is 51.2 Å². The molecule has 1 amide bonds. The van der Waals surface area contributed by atoms with Crippen molar-refractivity contribution < 1.29 is 9.53 Å². The molecule has 3 aromatic carbocycles. The van der Waals surface area contributed by atoms with Crippen LogP contribution in [0, 0.1) is 0 Å². The van der Waals surface area contributed by atoms with Crippen molar-refractivity contribution >= 4 is 33.1 Å². The molecule has 4 aromatic rings. The maximum Gasteiger partial charge on any atom is 0.409 e. The summed E-state index contributed by atoms with van der Waals surface area (Å²) in [5, 5.41) is 0. The van der Waals surface area contributed by atoms with E-state index in [2.05, 4.69) is 69.1 Å². The number of piperidine rings is 1. The molecule has 5 rings (SSSR count). The van der Waals surface area contributed by atoms with Gasteiger partial charge in [0.1, 0.15) is 6.61 Å². The molecular formula is C30H33BrN4O3. The molecule has 8 heteroatoms. The lowest BCUT2D eigenvalue weighted by Crippen LogP contribution is -2.42. The Morgan fingerprint density at radius 1 is 0.974 bits per heavy atom. The minimum atomic E-state index is -0.287. The fourth-order valence-electron chi connectivity index (χ4n) is 5.14. The van der Waals surface area contributed by atoms with Gasteiger partial charge in [0.2, 0.25) is 0 Å². The van der Waals surface area contributed by atoms with Crippen LogP contribution in [0.4, 0.5) is 4.79 Å². The average Bonchev–Trinajstić information content (AvgIpc) is 3.28. The molecule has 0 aliphatic carbocycles. The fraction of sp³-hybridized carbons (Fsp3) is 0.333. The highest BCUT2D eigenvalue weighted by molar-refractivity contribution is 9.10. The molecule has 0 unspecified atom stereocenters. The van der Waals surface area contributed by atoms with E-state index in [1.807, 2.05) is 47.0 Å². The van der Waals surface area contributed by atoms with Gasteiger partial charge in [-0.15, -0.1) is 0 Å². The first-order chi connectivity index (χ1) is 18.5. The van der Waals surface area contributed by atoms with Crippen molar-refractivity contribution in [2.24, 2.45) is 0 Å². The third kappa shape index (κ3) is 6.19. The van der Waals surface area contributed by atoms with Crippen molar-refractivity contribution in [2.75, 3.05) is 19.7 Å². The largest absolute Gasteiger partial charge is 0.448 e. The monoisotopic (exact) mass is 576 g/mol. The van der Waals surface area contributed by atoms with Crippen LogP contribution >= 0.6 is 15.9 Å². The van der Waals surface area contributed by atoms with Crippen LogP contribution in [0.3, 0.4) is 0 Å². The molecule has 1 fully saturated rings. The Hall–Kier alpha value is -3.36. The first-order valence-electron chi connectivity index (χ1n) is 13.1. The predicted octanol–water partition coefficient (Wildman–Crippen LogP) is 5.96. The molecule has 1 aliphatic heterocycles. The van der Waals surface area contributed by atoms with Gasteiger partial charge in [-0.2, -0.15) is 0 Å². The second-order valence-electron chi connectivity index (χ2n) is 9.98. The van der Waals surface area contributed by atoms with Crippen molar-refractivity contribution in [1.82, 2.24) is 19.4 Å². The van der Waals surface area contributed by atoms with Crippen LogP contribution in [0.15, 0.2) is 88.1 Å². The molecule has 2 heterocycles. The number of nitrogens with zero attached hydrogens (tertiary/aromatic N) is 3. The van der Waals surface area contributed by atoms with Crippen molar-refractivity contribution in [2.45, 2.75) is 44.9 Å². The summed E-state index contributed by atoms with van der Waals surface area (Å²) in [6, 6.07) is 26.5. The number of fused-ring (bicyclic) bond motifs is 1. The maximum absolute atomic E-state index is 13.0. The first-order valence-corrected chi connectivity index (χ1v) is 13.9. The van der Waals surface area contributed by atoms with Crippen LogP contribution in [0.5, 0.6) is 0 Å². The van der Waals surface area contributed by atoms with Crippen molar-refractivity contribution in [3.05, 3.63) is 105 Å². The van der Waals surface area contributed by atoms with Gasteiger partial charge in [-0.05, 0) is 55.2 Å². The third-order valence-electron chi connectivity index (χ3n) is 7.31. The quantitative estimate of drug-likeness (QED) is 0.281. The van der Waals surface area contributed by atoms with E-state index in [-0.39, 0.29) is 23.9 Å². The summed E-state index contributed by atoms with van der Waals surface area (Å²) in [6.45, 7) is 5.06. The topological polar surface area (TPSA) is 70.6 Å². The average molecular weight is 578 g/mol. The third-order valence-corrected chi connectivity index (χ3v) is 7.84. The van der Waals surface area contributed by atoms with E-state index in [4.69, 9.17) is 4.74 Å². The summed E-state index contributed by atoms with van der Waals surface area (Å²) in [5.74, 6) is 0. The first kappa shape index (κ1) is 26.3. The predicted molar refractivity (Wildman–Crippen MR) is 153 cm³/mol. The number of aromatic nitrogens is 2. The number of imidazole rings is 1. The number of aromatic amines is 1. The number of likely N-dealkylation sites (tertiary alicyclic amines) is 1. The fourth-order valence-corrected chi connectivity index (χ4v) is 5.41. The van der Waals surface area contributed by atoms with Crippen LogP contribution < -0.4 is 5.69 Å². The number of hydrogen-bond donors (Lipinski definition) is 1. The van der Waals surface area contributed by atoms with Gasteiger partial charge in [0.15, 0.2) is 0 Å². The lowest BCUT2D eigenvalue weighted by atomic mass is 10.0. The molecule has 1 atom stereocenters. The summed E-state index contributed by atoms with van der Waals surface area (Å²) in [6.07, 6.45) is 1.15. The Morgan fingerprint density at radius 2 is 1.61 bits per heavy atom. The summed E-state index contributed by atoms with van der Waals surface area (Å²) in [5.41, 5.74) is 4.09. The zero-order valence-electron chi connectivity index (χ0n) is 21.6. The van der Waals surface area contributed by atoms with Gasteiger partial charge in [-0.1, -0.05) is 70.5 Å². The lowest BCUT2D eigenvalue weighted by molar-refractivity contribution is 0.0567. The van der Waals surface area contributed by atoms with Crippen molar-refractivity contribution in [3.63, 3.8) is 0 Å². The molecule has 1 N–H and O–H groups in total. The standard InChI is InChI=1S/C30H33BrN4O3/c1-22(34(19-23-7-3-2-4-8-23)20-24-11-13-25(31)14-12-24)21-38-30(37)33-17-15-26(16-18-33)35-28-10-6-5-9-27(28)32-29(35)36/h2-14,22,26H,15-21H2,1H3,(H,32,36)/t22-/m0/s1. The molecule has 1 saturated heterocycles. The highest BCUT2D eigenvalue weighted by Gasteiger charge is 2.27. The number of rotatable bonds is 8. The van der Waals surface area contributed by atoms with Crippen LogP contribution in [0.25, 0.3) is 11.0 Å². The number of hydrogen-bond acceptors (Lipinski definition) is 4. The Bertz CT molecular complexity index is 1410. The summed E-state index contributed by atoms with van der Waals surface area (Å²) >= 11 is 3.51. The minimum absolute atomic E-state index is 0.0325. The normalized spacial score (nSPS) is 15.2. The molecule has 38 heavy (non-hydrogen) atoms. The summed E-state index contributed by atoms with van der Waals surface area (Å²) in [4.78, 5) is 32.6. The molecule has 198 valence electrons. The van der Waals surface area contributed by atoms with Gasteiger partial charge < -0.3 is 14.6 Å². The van der Waals surface area contributed by atoms with Crippen LogP contribution in [0.2, 0.25) is 0 Å². The van der Waals surface area contributed by atoms with E-state index >= 15 is 0 Å². The van der Waals surface area contributed by atoms with E-state index in [9.17, 15) is 9.59 Å². The van der Waals surface area contributed by atoms with Gasteiger partial charge in [0.25, 0.3) is 0 Å². The number of benzene rings is 3. The van der Waals surface area contributed by atoms with Crippen molar-refractivity contribution in [3.8, 4) is 0 Å². The smallest absolute Gasteiger partial charge is 0.409 e. The Kier molecular flexibility index (Phi) is 8.29. The molecular weight excluding hydrogens is 544 g/mol. The summed E-state index contributed by atoms with van der Waals surface area (Å²) < 4.78 is 8.69. The van der Waals surface area contributed by atoms with E-state index in [1.165, 1.54) is 11.1 Å². The van der Waals surface area contributed by atoms with Crippen molar-refractivity contribution in [1.29, 1.82) is 0 Å². The minimum Gasteiger partial charge on any atom is -0.448 e. The molecule has 1 aromatic heterocycles. The van der Waals surface area contributed by atoms with Crippen LogP contribution in [0.1, 0.15) is 36.9 Å². The number of carbonyl (C=O) groups excluding carboxylic acids is 1. The number of ether oxygens (including phenoxy) is 1. The van der Waals surface area contributed by atoms with Gasteiger partial charge in [-0.25, -0.2) is 9.59 Å². The lowest BCUT2D eigenvalue weighted by Gasteiger charge is -2.33. The van der Waals surface area contributed by atoms with Gasteiger partial charge >= 0.3 is 11.8 Å². The number of nitrogens with one attached hydrogen (secondary N) is 1. The van der Waals surface area contributed by atoms with Crippen LogP contribution in [-0.2, 0) is 17.8 Å². The zero-order chi connectivity index (χ0) is 26.5. The van der Waals surface area contributed by atoms with E-state index < -0.39 is 0 Å². The Labute approximate surface area is 231 Å². The molecule has 0 spiro atoms. The van der Waals surface area contributed by atoms with Gasteiger partial charge in [-0.3, -0.25) is 9.47 Å². The maximum atomic E-state index is 13.0. The number of halogens is 1. The molecule has 0 bridgehead atoms. The Balaban J connectivity index is 1.18. The Morgan fingerprint density at radius 3 is 2.32 bits per heavy atom. The number of carbonyl (C=O) groups is 1. The van der Waals surface area contributed by atoms with Gasteiger partial charge in [0.05, 0.1) is 11.0 Å². The second kappa shape index (κ2) is 12.0. The van der Waals surface area contributed by atoms with Gasteiger partial charge in [0, 0.05) is 42.7 Å². The molecule has 1 aliphatic rings. The summed E-state index contributed by atoms with van der Waals surface area (Å²) in [7, 11) is 0. The number of amides is 1. The van der Waals surface area contributed by atoms with E-state index in [0.29, 0.717) is 19.7 Å². The highest BCUT2D eigenvalue weighted by atomic mass is 79.9. The highest BCUT2D eigenvalue weighted by Crippen LogP contribution is 2.25. The SMILES string of the molecule is C[C@@H](COC(=O)N1CCC(n2c(=O)[nH]c3ccccc32)CC1)N(Cc1ccccc1)Cc1ccc(Br)cc1. The number of para-hydroxylation sites is 2. The zero-order valence-corrected chi connectivity index (χ0v) is 23.1. The van der Waals surface area contributed by atoms with E-state index in [0.717, 1.165) is 41.4 Å². The second-order valence-corrected chi connectivity index (χ2v) is 10.9. The molecule has 7 nitrogen and oxygen atoms in total. The number of H-pyrrole nitrogens is 1. The molecule has 0 saturated carbocycles.